The van der Waals surface area contributed by atoms with Gasteiger partial charge in [-0.25, -0.2) is 0 Å². The SMILES string of the molecule is CC(C)(C)C(=O)N1CC(c2nc(-c3ccccc3)no2)C1. The van der Waals surface area contributed by atoms with Crippen molar-refractivity contribution in [3.05, 3.63) is 36.2 Å². The van der Waals surface area contributed by atoms with Crippen molar-refractivity contribution < 1.29 is 9.32 Å². The van der Waals surface area contributed by atoms with Gasteiger partial charge in [-0.2, -0.15) is 4.98 Å². The third-order valence-electron chi connectivity index (χ3n) is 3.63. The van der Waals surface area contributed by atoms with Crippen LogP contribution in [-0.2, 0) is 4.79 Å². The van der Waals surface area contributed by atoms with Crippen LogP contribution < -0.4 is 0 Å². The molecular formula is C16H19N3O2. The number of carbonyl (C=O) groups excluding carboxylic acids is 1. The van der Waals surface area contributed by atoms with Crippen LogP contribution in [-0.4, -0.2) is 34.0 Å². The van der Waals surface area contributed by atoms with Crippen molar-refractivity contribution in [3.63, 3.8) is 0 Å². The van der Waals surface area contributed by atoms with E-state index in [1.54, 1.807) is 0 Å². The molecule has 1 aromatic carbocycles. The lowest BCUT2D eigenvalue weighted by molar-refractivity contribution is -0.144. The minimum atomic E-state index is -0.338. The molecule has 3 rings (SSSR count). The van der Waals surface area contributed by atoms with Crippen LogP contribution in [0.4, 0.5) is 0 Å². The summed E-state index contributed by atoms with van der Waals surface area (Å²) in [6, 6.07) is 9.74. The Hall–Kier alpha value is -2.17. The van der Waals surface area contributed by atoms with Crippen molar-refractivity contribution in [3.8, 4) is 11.4 Å². The van der Waals surface area contributed by atoms with Crippen LogP contribution in [0.25, 0.3) is 11.4 Å². The van der Waals surface area contributed by atoms with Gasteiger partial charge in [0.1, 0.15) is 0 Å². The van der Waals surface area contributed by atoms with E-state index in [-0.39, 0.29) is 17.2 Å². The Morgan fingerprint density at radius 2 is 1.90 bits per heavy atom. The molecule has 5 heteroatoms. The van der Waals surface area contributed by atoms with Gasteiger partial charge in [-0.3, -0.25) is 4.79 Å². The minimum Gasteiger partial charge on any atom is -0.341 e. The van der Waals surface area contributed by atoms with E-state index < -0.39 is 0 Å². The van der Waals surface area contributed by atoms with Crippen molar-refractivity contribution in [2.75, 3.05) is 13.1 Å². The molecule has 1 aliphatic heterocycles. The maximum atomic E-state index is 12.1. The Labute approximate surface area is 124 Å². The molecule has 0 spiro atoms. The summed E-state index contributed by atoms with van der Waals surface area (Å²) in [7, 11) is 0. The Morgan fingerprint density at radius 3 is 2.52 bits per heavy atom. The van der Waals surface area contributed by atoms with Crippen LogP contribution in [0.15, 0.2) is 34.9 Å². The lowest BCUT2D eigenvalue weighted by Crippen LogP contribution is -2.52. The second kappa shape index (κ2) is 4.98. The van der Waals surface area contributed by atoms with E-state index in [2.05, 4.69) is 10.1 Å². The summed E-state index contributed by atoms with van der Waals surface area (Å²) in [6.45, 7) is 7.12. The lowest BCUT2D eigenvalue weighted by atomic mass is 9.90. The minimum absolute atomic E-state index is 0.154. The van der Waals surface area contributed by atoms with Gasteiger partial charge in [0.15, 0.2) is 0 Å². The predicted octanol–water partition coefficient (Wildman–Crippen LogP) is 2.71. The molecule has 2 heterocycles. The fourth-order valence-corrected chi connectivity index (χ4v) is 2.38. The van der Waals surface area contributed by atoms with Gasteiger partial charge in [0.05, 0.1) is 5.92 Å². The maximum Gasteiger partial charge on any atom is 0.233 e. The van der Waals surface area contributed by atoms with Crippen molar-refractivity contribution in [1.29, 1.82) is 0 Å². The molecule has 0 aliphatic carbocycles. The van der Waals surface area contributed by atoms with Gasteiger partial charge >= 0.3 is 0 Å². The zero-order valence-corrected chi connectivity index (χ0v) is 12.5. The van der Waals surface area contributed by atoms with E-state index in [0.29, 0.717) is 24.8 Å². The number of hydrogen-bond acceptors (Lipinski definition) is 4. The Balaban J connectivity index is 1.66. The Kier molecular flexibility index (Phi) is 3.27. The molecule has 21 heavy (non-hydrogen) atoms. The maximum absolute atomic E-state index is 12.1. The van der Waals surface area contributed by atoms with Gasteiger partial charge in [0.25, 0.3) is 0 Å². The molecule has 5 nitrogen and oxygen atoms in total. The number of nitrogens with zero attached hydrogens (tertiary/aromatic N) is 3. The molecule has 0 atom stereocenters. The number of carbonyl (C=O) groups is 1. The average molecular weight is 285 g/mol. The summed E-state index contributed by atoms with van der Waals surface area (Å²) < 4.78 is 5.34. The van der Waals surface area contributed by atoms with Crippen LogP contribution in [0.2, 0.25) is 0 Å². The molecule has 1 aliphatic rings. The van der Waals surface area contributed by atoms with Gasteiger partial charge in [0, 0.05) is 24.1 Å². The van der Waals surface area contributed by atoms with Gasteiger partial charge in [-0.15, -0.1) is 0 Å². The fraction of sp³-hybridized carbons (Fsp3) is 0.438. The zero-order chi connectivity index (χ0) is 15.0. The highest BCUT2D eigenvalue weighted by atomic mass is 16.5. The average Bonchev–Trinajstić information content (AvgIpc) is 2.86. The first-order chi connectivity index (χ1) is 9.95. The summed E-state index contributed by atoms with van der Waals surface area (Å²) >= 11 is 0. The molecule has 110 valence electrons. The third kappa shape index (κ3) is 2.68. The van der Waals surface area contributed by atoms with E-state index in [0.717, 1.165) is 5.56 Å². The summed E-state index contributed by atoms with van der Waals surface area (Å²) in [5, 5.41) is 4.02. The molecule has 1 aromatic heterocycles. The van der Waals surface area contributed by atoms with Crippen molar-refractivity contribution in [2.24, 2.45) is 5.41 Å². The van der Waals surface area contributed by atoms with Crippen molar-refractivity contribution in [2.45, 2.75) is 26.7 Å². The van der Waals surface area contributed by atoms with E-state index in [1.165, 1.54) is 0 Å². The largest absolute Gasteiger partial charge is 0.341 e. The number of likely N-dealkylation sites (tertiary alicyclic amines) is 1. The highest BCUT2D eigenvalue weighted by Crippen LogP contribution is 2.31. The lowest BCUT2D eigenvalue weighted by Gasteiger charge is -2.40. The standard InChI is InChI=1S/C16H19N3O2/c1-16(2,3)15(20)19-9-12(10-19)14-17-13(18-21-14)11-7-5-4-6-8-11/h4-8,12H,9-10H2,1-3H3. The van der Waals surface area contributed by atoms with Crippen LogP contribution in [0.5, 0.6) is 0 Å². The zero-order valence-electron chi connectivity index (χ0n) is 12.5. The van der Waals surface area contributed by atoms with Crippen molar-refractivity contribution in [1.82, 2.24) is 15.0 Å². The fourth-order valence-electron chi connectivity index (χ4n) is 2.38. The Morgan fingerprint density at radius 1 is 1.24 bits per heavy atom. The number of hydrogen-bond donors (Lipinski definition) is 0. The Bertz CT molecular complexity index is 637. The molecule has 0 unspecified atom stereocenters. The second-order valence-corrected chi connectivity index (χ2v) is 6.48. The molecule has 1 saturated heterocycles. The molecule has 0 N–H and O–H groups in total. The normalized spacial score (nSPS) is 15.9. The monoisotopic (exact) mass is 285 g/mol. The number of aromatic nitrogens is 2. The van der Waals surface area contributed by atoms with Gasteiger partial charge < -0.3 is 9.42 Å². The molecular weight excluding hydrogens is 266 g/mol. The second-order valence-electron chi connectivity index (χ2n) is 6.48. The quantitative estimate of drug-likeness (QED) is 0.851. The summed E-state index contributed by atoms with van der Waals surface area (Å²) in [4.78, 5) is 18.4. The topological polar surface area (TPSA) is 59.2 Å². The number of amides is 1. The summed E-state index contributed by atoms with van der Waals surface area (Å²) in [5.41, 5.74) is 0.601. The van der Waals surface area contributed by atoms with E-state index in [4.69, 9.17) is 4.52 Å². The predicted molar refractivity (Wildman–Crippen MR) is 78.5 cm³/mol. The molecule has 1 amide bonds. The molecule has 0 saturated carbocycles. The first kappa shape index (κ1) is 13.8. The first-order valence-corrected chi connectivity index (χ1v) is 7.13. The molecule has 0 radical (unpaired) electrons. The van der Waals surface area contributed by atoms with Gasteiger partial charge in [-0.05, 0) is 0 Å². The van der Waals surface area contributed by atoms with E-state index >= 15 is 0 Å². The molecule has 1 fully saturated rings. The number of rotatable bonds is 2. The van der Waals surface area contributed by atoms with E-state index in [9.17, 15) is 4.79 Å². The smallest absolute Gasteiger partial charge is 0.233 e. The van der Waals surface area contributed by atoms with Crippen molar-refractivity contribution >= 4 is 5.91 Å². The number of benzene rings is 1. The highest BCUT2D eigenvalue weighted by molar-refractivity contribution is 5.82. The summed E-state index contributed by atoms with van der Waals surface area (Å²) in [6.07, 6.45) is 0. The molecule has 0 bridgehead atoms. The van der Waals surface area contributed by atoms with Crippen LogP contribution in [0, 0.1) is 5.41 Å². The van der Waals surface area contributed by atoms with Gasteiger partial charge in [-0.1, -0.05) is 56.3 Å². The van der Waals surface area contributed by atoms with E-state index in [1.807, 2.05) is 56.0 Å². The molecule has 2 aromatic rings. The first-order valence-electron chi connectivity index (χ1n) is 7.13. The van der Waals surface area contributed by atoms with Gasteiger partial charge in [0.2, 0.25) is 17.6 Å². The third-order valence-corrected chi connectivity index (χ3v) is 3.63. The van der Waals surface area contributed by atoms with Crippen LogP contribution in [0.3, 0.4) is 0 Å². The highest BCUT2D eigenvalue weighted by Gasteiger charge is 2.39. The van der Waals surface area contributed by atoms with Crippen LogP contribution in [0.1, 0.15) is 32.6 Å². The van der Waals surface area contributed by atoms with Crippen LogP contribution >= 0.6 is 0 Å². The summed E-state index contributed by atoms with van der Waals surface area (Å²) in [5.74, 6) is 1.54.